The van der Waals surface area contributed by atoms with Gasteiger partial charge in [-0.1, -0.05) is 18.2 Å². The molecule has 0 unspecified atom stereocenters. The Labute approximate surface area is 221 Å². The maximum atomic E-state index is 12.2. The van der Waals surface area contributed by atoms with Gasteiger partial charge in [0.05, 0.1) is 49.7 Å². The highest BCUT2D eigenvalue weighted by Gasteiger charge is 2.35. The Morgan fingerprint density at radius 3 is 2.54 bits per heavy atom. The van der Waals surface area contributed by atoms with Crippen molar-refractivity contribution in [2.75, 3.05) is 69.2 Å². The molecule has 0 atom stereocenters. The van der Waals surface area contributed by atoms with Crippen molar-refractivity contribution in [1.82, 2.24) is 19.2 Å². The molecule has 3 heterocycles. The fourth-order valence-corrected chi connectivity index (χ4v) is 4.89. The number of rotatable bonds is 10. The van der Waals surface area contributed by atoms with E-state index in [1.807, 2.05) is 20.2 Å². The van der Waals surface area contributed by atoms with Gasteiger partial charge in [0.15, 0.2) is 0 Å². The minimum Gasteiger partial charge on any atom is -0.494 e. The number of nitrogens with zero attached hydrogens (tertiary/aromatic N) is 5. The highest BCUT2D eigenvalue weighted by Crippen LogP contribution is 2.40. The maximum Gasteiger partial charge on any atom is 0.247 e. The molecule has 12 nitrogen and oxygen atoms in total. The second kappa shape index (κ2) is 10.7. The molecule has 0 saturated carbocycles. The minimum absolute atomic E-state index is 0.128. The molecule has 4 rings (SSSR count). The number of anilines is 4. The number of benzene rings is 1. The number of likely N-dealkylation sites (N-methyl/N-ethyl adjacent to an activating group) is 1. The lowest BCUT2D eigenvalue weighted by Crippen LogP contribution is -2.57. The third kappa shape index (κ3) is 6.06. The zero-order valence-electron chi connectivity index (χ0n) is 21.1. The predicted molar refractivity (Wildman–Crippen MR) is 143 cm³/mol. The predicted octanol–water partition coefficient (Wildman–Crippen LogP) is 1.78. The van der Waals surface area contributed by atoms with Crippen LogP contribution >= 0.6 is 11.6 Å². The summed E-state index contributed by atoms with van der Waals surface area (Å²) in [5.41, 5.74) is 1.90. The average molecular weight is 552 g/mol. The Bertz CT molecular complexity index is 1290. The van der Waals surface area contributed by atoms with Crippen molar-refractivity contribution in [1.29, 1.82) is 0 Å². The summed E-state index contributed by atoms with van der Waals surface area (Å²) in [5.74, 6) is 0.485. The standard InChI is InChI=1S/C23H30ClN7O5S/c1-6-21(32)26-17-7-18(20(35-4)8-19(17)30-10-14(11-30)29(2)3)27-23-25-9-16(24)22(28-23)36-15-12-31(13-15)37(5,33)34/h6-9,14-15H,1,10-13H2,2-5H3,(H,26,32)(H,25,27,28). The molecule has 2 N–H and O–H groups in total. The van der Waals surface area contributed by atoms with Crippen molar-refractivity contribution in [3.05, 3.63) is 36.0 Å². The van der Waals surface area contributed by atoms with Gasteiger partial charge in [0.1, 0.15) is 16.9 Å². The number of sulfonamides is 1. The van der Waals surface area contributed by atoms with E-state index in [0.717, 1.165) is 25.0 Å². The van der Waals surface area contributed by atoms with Crippen LogP contribution in [0.4, 0.5) is 23.0 Å². The van der Waals surface area contributed by atoms with Crippen molar-refractivity contribution < 1.29 is 22.7 Å². The largest absolute Gasteiger partial charge is 0.494 e. The van der Waals surface area contributed by atoms with E-state index < -0.39 is 10.0 Å². The molecule has 1 aromatic carbocycles. The van der Waals surface area contributed by atoms with Crippen molar-refractivity contribution in [3.63, 3.8) is 0 Å². The molecule has 1 aromatic heterocycles. The van der Waals surface area contributed by atoms with Crippen LogP contribution in [-0.2, 0) is 14.8 Å². The summed E-state index contributed by atoms with van der Waals surface area (Å²) in [6.45, 7) is 5.58. The average Bonchev–Trinajstić information content (AvgIpc) is 2.76. The zero-order chi connectivity index (χ0) is 26.9. The summed E-state index contributed by atoms with van der Waals surface area (Å²) < 4.78 is 35.9. The van der Waals surface area contributed by atoms with Crippen LogP contribution in [0.15, 0.2) is 31.0 Å². The molecule has 2 aliphatic heterocycles. The van der Waals surface area contributed by atoms with Gasteiger partial charge in [0.2, 0.25) is 27.8 Å². The molecule has 14 heteroatoms. The summed E-state index contributed by atoms with van der Waals surface area (Å²) in [6, 6.07) is 3.99. The first-order valence-corrected chi connectivity index (χ1v) is 13.7. The van der Waals surface area contributed by atoms with Crippen LogP contribution in [0.3, 0.4) is 0 Å². The second-order valence-corrected chi connectivity index (χ2v) is 11.5. The SMILES string of the molecule is C=CC(=O)Nc1cc(Nc2ncc(Cl)c(OC3CN(S(C)(=O)=O)C3)n2)c(OC)cc1N1CC(N(C)C)C1. The highest BCUT2D eigenvalue weighted by molar-refractivity contribution is 7.88. The number of hydrogen-bond acceptors (Lipinski definition) is 10. The van der Waals surface area contributed by atoms with Gasteiger partial charge in [-0.25, -0.2) is 13.4 Å². The number of hydrogen-bond donors (Lipinski definition) is 2. The molecule has 2 saturated heterocycles. The fraction of sp³-hybridized carbons (Fsp3) is 0.435. The molecule has 0 radical (unpaired) electrons. The van der Waals surface area contributed by atoms with E-state index in [1.54, 1.807) is 13.2 Å². The lowest BCUT2D eigenvalue weighted by atomic mass is 10.0. The minimum atomic E-state index is -3.27. The summed E-state index contributed by atoms with van der Waals surface area (Å²) in [4.78, 5) is 25.0. The molecule has 200 valence electrons. The third-order valence-corrected chi connectivity index (χ3v) is 7.71. The van der Waals surface area contributed by atoms with E-state index in [-0.39, 0.29) is 42.0 Å². The summed E-state index contributed by atoms with van der Waals surface area (Å²) >= 11 is 6.22. The molecular weight excluding hydrogens is 522 g/mol. The van der Waals surface area contributed by atoms with Gasteiger partial charge >= 0.3 is 0 Å². The van der Waals surface area contributed by atoms with Gasteiger partial charge in [-0.15, -0.1) is 0 Å². The van der Waals surface area contributed by atoms with E-state index in [1.165, 1.54) is 16.6 Å². The van der Waals surface area contributed by atoms with Crippen LogP contribution < -0.4 is 25.0 Å². The molecule has 2 aromatic rings. The fourth-order valence-electron chi connectivity index (χ4n) is 3.88. The lowest BCUT2D eigenvalue weighted by molar-refractivity contribution is -0.111. The number of carbonyl (C=O) groups excluding carboxylic acids is 1. The Kier molecular flexibility index (Phi) is 7.78. The maximum absolute atomic E-state index is 12.2. The van der Waals surface area contributed by atoms with Crippen LogP contribution in [0, 0.1) is 0 Å². The smallest absolute Gasteiger partial charge is 0.247 e. The quantitative estimate of drug-likeness (QED) is 0.421. The third-order valence-electron chi connectivity index (χ3n) is 6.21. The molecule has 0 spiro atoms. The molecule has 0 aliphatic carbocycles. The van der Waals surface area contributed by atoms with Crippen molar-refractivity contribution in [2.24, 2.45) is 0 Å². The van der Waals surface area contributed by atoms with Gasteiger partial charge in [0, 0.05) is 25.2 Å². The van der Waals surface area contributed by atoms with Crippen LogP contribution in [0.2, 0.25) is 5.02 Å². The van der Waals surface area contributed by atoms with Crippen molar-refractivity contribution >= 4 is 50.5 Å². The Morgan fingerprint density at radius 2 is 1.95 bits per heavy atom. The molecule has 2 aliphatic rings. The zero-order valence-corrected chi connectivity index (χ0v) is 22.6. The van der Waals surface area contributed by atoms with Crippen molar-refractivity contribution in [3.8, 4) is 11.6 Å². The van der Waals surface area contributed by atoms with Crippen molar-refractivity contribution in [2.45, 2.75) is 12.1 Å². The van der Waals surface area contributed by atoms with Crippen LogP contribution in [0.5, 0.6) is 11.6 Å². The topological polar surface area (TPSA) is 129 Å². The van der Waals surface area contributed by atoms with Gasteiger partial charge in [0.25, 0.3) is 0 Å². The van der Waals surface area contributed by atoms with Gasteiger partial charge in [-0.3, -0.25) is 4.79 Å². The van der Waals surface area contributed by atoms with E-state index >= 15 is 0 Å². The Hall–Kier alpha value is -3.13. The summed E-state index contributed by atoms with van der Waals surface area (Å²) in [5, 5.41) is 6.15. The number of carbonyl (C=O) groups is 1. The number of methoxy groups -OCH3 is 1. The van der Waals surface area contributed by atoms with E-state index in [0.29, 0.717) is 23.2 Å². The summed E-state index contributed by atoms with van der Waals surface area (Å²) in [7, 11) is 2.35. The lowest BCUT2D eigenvalue weighted by Gasteiger charge is -2.45. The van der Waals surface area contributed by atoms with Crippen LogP contribution in [0.1, 0.15) is 0 Å². The van der Waals surface area contributed by atoms with E-state index in [2.05, 4.69) is 37.0 Å². The first kappa shape index (κ1) is 26.9. The second-order valence-electron chi connectivity index (χ2n) is 9.08. The molecule has 2 fully saturated rings. The Morgan fingerprint density at radius 1 is 1.24 bits per heavy atom. The van der Waals surface area contributed by atoms with Gasteiger partial charge < -0.3 is 29.9 Å². The van der Waals surface area contributed by atoms with E-state index in [4.69, 9.17) is 21.1 Å². The molecular formula is C23H30ClN7O5S. The number of amides is 1. The van der Waals surface area contributed by atoms with Crippen LogP contribution in [0.25, 0.3) is 0 Å². The van der Waals surface area contributed by atoms with E-state index in [9.17, 15) is 13.2 Å². The molecule has 1 amide bonds. The van der Waals surface area contributed by atoms with Gasteiger partial charge in [-0.05, 0) is 26.2 Å². The van der Waals surface area contributed by atoms with Gasteiger partial charge in [-0.2, -0.15) is 9.29 Å². The molecule has 37 heavy (non-hydrogen) atoms. The highest BCUT2D eigenvalue weighted by atomic mass is 35.5. The normalized spacial score (nSPS) is 16.6. The summed E-state index contributed by atoms with van der Waals surface area (Å²) in [6.07, 6.45) is 3.38. The first-order chi connectivity index (χ1) is 17.5. The monoisotopic (exact) mass is 551 g/mol. The number of aromatic nitrogens is 2. The first-order valence-electron chi connectivity index (χ1n) is 11.5. The number of ether oxygens (including phenoxy) is 2. The number of nitrogens with one attached hydrogen (secondary N) is 2. The number of halogens is 1. The Balaban J connectivity index is 1.56. The molecule has 0 bridgehead atoms. The van der Waals surface area contributed by atoms with Crippen LogP contribution in [-0.4, -0.2) is 99.3 Å².